The summed E-state index contributed by atoms with van der Waals surface area (Å²) in [5.41, 5.74) is 2.15. The first kappa shape index (κ1) is 14.7. The van der Waals surface area contributed by atoms with Crippen molar-refractivity contribution in [1.82, 2.24) is 5.32 Å². The number of nitrogens with one attached hydrogen (secondary N) is 1. The highest BCUT2D eigenvalue weighted by Crippen LogP contribution is 2.04. The van der Waals surface area contributed by atoms with E-state index in [0.717, 1.165) is 11.1 Å². The van der Waals surface area contributed by atoms with Gasteiger partial charge in [-0.25, -0.2) is 0 Å². The summed E-state index contributed by atoms with van der Waals surface area (Å²) in [6.45, 7) is 2.77. The molecule has 0 bridgehead atoms. The Balaban J connectivity index is 2.25. The fraction of sp³-hybridized carbons (Fsp3) is 0.500. The molecule has 18 heavy (non-hydrogen) atoms. The van der Waals surface area contributed by atoms with Crippen LogP contribution >= 0.6 is 0 Å². The molecule has 0 saturated heterocycles. The number of carbonyl (C=O) groups excluding carboxylic acids is 1. The van der Waals surface area contributed by atoms with Gasteiger partial charge in [0, 0.05) is 13.7 Å². The molecule has 0 aliphatic carbocycles. The lowest BCUT2D eigenvalue weighted by molar-refractivity contribution is -0.120. The van der Waals surface area contributed by atoms with Gasteiger partial charge in [0.1, 0.15) is 0 Å². The van der Waals surface area contributed by atoms with Crippen molar-refractivity contribution >= 4 is 5.91 Å². The topological polar surface area (TPSA) is 58.6 Å². The van der Waals surface area contributed by atoms with Crippen molar-refractivity contribution in [2.24, 2.45) is 0 Å². The summed E-state index contributed by atoms with van der Waals surface area (Å²) in [7, 11) is 1.54. The summed E-state index contributed by atoms with van der Waals surface area (Å²) < 4.78 is 4.81. The molecule has 1 aromatic carbocycles. The summed E-state index contributed by atoms with van der Waals surface area (Å²) in [4.78, 5) is 11.6. The maximum absolute atomic E-state index is 11.6. The molecule has 1 amide bonds. The van der Waals surface area contributed by atoms with Gasteiger partial charge in [0.15, 0.2) is 0 Å². The lowest BCUT2D eigenvalue weighted by atomic mass is 10.1. The molecule has 1 aromatic rings. The Bertz CT molecular complexity index is 379. The molecule has 0 aliphatic heterocycles. The number of aryl methyl sites for hydroxylation is 1. The van der Waals surface area contributed by atoms with Crippen molar-refractivity contribution < 1.29 is 14.6 Å². The first-order chi connectivity index (χ1) is 8.61. The number of ether oxygens (including phenoxy) is 1. The normalized spacial score (nSPS) is 12.2. The summed E-state index contributed by atoms with van der Waals surface area (Å²) in [5.74, 6) is -0.0229. The third-order valence-corrected chi connectivity index (χ3v) is 2.61. The van der Waals surface area contributed by atoms with Crippen LogP contribution in [0.15, 0.2) is 24.3 Å². The van der Waals surface area contributed by atoms with E-state index in [2.05, 4.69) is 5.32 Å². The Morgan fingerprint density at radius 3 is 2.94 bits per heavy atom. The Morgan fingerprint density at radius 1 is 1.50 bits per heavy atom. The quantitative estimate of drug-likeness (QED) is 0.761. The molecule has 0 aromatic heterocycles. The van der Waals surface area contributed by atoms with Crippen LogP contribution in [0.4, 0.5) is 0 Å². The lowest BCUT2D eigenvalue weighted by Crippen LogP contribution is -2.29. The molecule has 2 N–H and O–H groups in total. The fourth-order valence-corrected chi connectivity index (χ4v) is 1.72. The van der Waals surface area contributed by atoms with Crippen LogP contribution < -0.4 is 5.32 Å². The number of carbonyl (C=O) groups is 1. The summed E-state index contributed by atoms with van der Waals surface area (Å²) >= 11 is 0. The Kier molecular flexibility index (Phi) is 6.39. The molecule has 0 spiro atoms. The van der Waals surface area contributed by atoms with Crippen LogP contribution in [0.25, 0.3) is 0 Å². The van der Waals surface area contributed by atoms with Crippen molar-refractivity contribution in [3.63, 3.8) is 0 Å². The summed E-state index contributed by atoms with van der Waals surface area (Å²) in [5, 5.41) is 12.2. The highest BCUT2D eigenvalue weighted by Gasteiger charge is 2.06. The second-order valence-corrected chi connectivity index (χ2v) is 4.41. The number of amides is 1. The minimum atomic E-state index is -0.519. The number of benzene rings is 1. The highest BCUT2D eigenvalue weighted by molar-refractivity contribution is 5.78. The van der Waals surface area contributed by atoms with E-state index >= 15 is 0 Å². The first-order valence-electron chi connectivity index (χ1n) is 6.11. The van der Waals surface area contributed by atoms with Gasteiger partial charge < -0.3 is 15.2 Å². The van der Waals surface area contributed by atoms with Crippen LogP contribution in [-0.4, -0.2) is 37.4 Å². The Labute approximate surface area is 108 Å². The zero-order chi connectivity index (χ0) is 13.4. The van der Waals surface area contributed by atoms with E-state index in [4.69, 9.17) is 4.74 Å². The van der Waals surface area contributed by atoms with Gasteiger partial charge in [0.25, 0.3) is 0 Å². The standard InChI is InChI=1S/C14H21NO3/c1-11-4-3-5-12(8-11)9-14(17)15-7-6-13(16)10-18-2/h3-5,8,13,16H,6-7,9-10H2,1-2H3,(H,15,17). The predicted molar refractivity (Wildman–Crippen MR) is 70.4 cm³/mol. The minimum Gasteiger partial charge on any atom is -0.391 e. The van der Waals surface area contributed by atoms with Crippen LogP contribution in [0.1, 0.15) is 17.5 Å². The lowest BCUT2D eigenvalue weighted by Gasteiger charge is -2.10. The van der Waals surface area contributed by atoms with Crippen molar-refractivity contribution in [3.05, 3.63) is 35.4 Å². The highest BCUT2D eigenvalue weighted by atomic mass is 16.5. The van der Waals surface area contributed by atoms with Gasteiger partial charge in [0.2, 0.25) is 5.91 Å². The fourth-order valence-electron chi connectivity index (χ4n) is 1.72. The van der Waals surface area contributed by atoms with E-state index in [1.165, 1.54) is 0 Å². The molecule has 100 valence electrons. The van der Waals surface area contributed by atoms with Gasteiger partial charge in [-0.05, 0) is 18.9 Å². The number of hydrogen-bond donors (Lipinski definition) is 2. The number of methoxy groups -OCH3 is 1. The average molecular weight is 251 g/mol. The number of rotatable bonds is 7. The average Bonchev–Trinajstić information content (AvgIpc) is 2.29. The number of aliphatic hydroxyl groups excluding tert-OH is 1. The second kappa shape index (κ2) is 7.84. The minimum absolute atomic E-state index is 0.0229. The zero-order valence-electron chi connectivity index (χ0n) is 11.0. The second-order valence-electron chi connectivity index (χ2n) is 4.41. The van der Waals surface area contributed by atoms with Gasteiger partial charge in [-0.3, -0.25) is 4.79 Å². The van der Waals surface area contributed by atoms with Crippen LogP contribution in [0.5, 0.6) is 0 Å². The van der Waals surface area contributed by atoms with E-state index in [1.807, 2.05) is 31.2 Å². The number of hydrogen-bond acceptors (Lipinski definition) is 3. The van der Waals surface area contributed by atoms with Crippen molar-refractivity contribution in [2.45, 2.75) is 25.9 Å². The maximum atomic E-state index is 11.6. The molecule has 0 fully saturated rings. The first-order valence-corrected chi connectivity index (χ1v) is 6.11. The van der Waals surface area contributed by atoms with Crippen LogP contribution in [0, 0.1) is 6.92 Å². The molecular weight excluding hydrogens is 230 g/mol. The van der Waals surface area contributed by atoms with Crippen LogP contribution in [-0.2, 0) is 16.0 Å². The third kappa shape index (κ3) is 5.80. The van der Waals surface area contributed by atoms with Gasteiger partial charge in [-0.15, -0.1) is 0 Å². The number of aliphatic hydroxyl groups is 1. The third-order valence-electron chi connectivity index (χ3n) is 2.61. The molecule has 0 saturated carbocycles. The molecule has 1 rings (SSSR count). The van der Waals surface area contributed by atoms with E-state index in [9.17, 15) is 9.90 Å². The van der Waals surface area contributed by atoms with E-state index in [1.54, 1.807) is 7.11 Å². The molecule has 0 aliphatic rings. The summed E-state index contributed by atoms with van der Waals surface area (Å²) in [6, 6.07) is 7.88. The SMILES string of the molecule is COCC(O)CCNC(=O)Cc1cccc(C)c1. The monoisotopic (exact) mass is 251 g/mol. The van der Waals surface area contributed by atoms with Gasteiger partial charge in [-0.1, -0.05) is 29.8 Å². The smallest absolute Gasteiger partial charge is 0.224 e. The molecule has 0 radical (unpaired) electrons. The predicted octanol–water partition coefficient (Wildman–Crippen LogP) is 1.05. The Morgan fingerprint density at radius 2 is 2.28 bits per heavy atom. The van der Waals surface area contributed by atoms with Crippen molar-refractivity contribution in [3.8, 4) is 0 Å². The molecule has 4 heteroatoms. The molecule has 4 nitrogen and oxygen atoms in total. The molecule has 1 unspecified atom stereocenters. The van der Waals surface area contributed by atoms with Crippen molar-refractivity contribution in [1.29, 1.82) is 0 Å². The van der Waals surface area contributed by atoms with E-state index in [0.29, 0.717) is 26.0 Å². The van der Waals surface area contributed by atoms with E-state index < -0.39 is 6.10 Å². The van der Waals surface area contributed by atoms with E-state index in [-0.39, 0.29) is 5.91 Å². The van der Waals surface area contributed by atoms with Crippen LogP contribution in [0.3, 0.4) is 0 Å². The Hall–Kier alpha value is -1.39. The summed E-state index contributed by atoms with van der Waals surface area (Å²) in [6.07, 6.45) is 0.365. The molecular formula is C14H21NO3. The van der Waals surface area contributed by atoms with Gasteiger partial charge in [0.05, 0.1) is 19.1 Å². The maximum Gasteiger partial charge on any atom is 0.224 e. The van der Waals surface area contributed by atoms with Gasteiger partial charge in [-0.2, -0.15) is 0 Å². The molecule has 0 heterocycles. The largest absolute Gasteiger partial charge is 0.391 e. The van der Waals surface area contributed by atoms with Crippen LogP contribution in [0.2, 0.25) is 0 Å². The van der Waals surface area contributed by atoms with Crippen molar-refractivity contribution in [2.75, 3.05) is 20.3 Å². The van der Waals surface area contributed by atoms with Gasteiger partial charge >= 0.3 is 0 Å². The zero-order valence-corrected chi connectivity index (χ0v) is 11.0. The molecule has 1 atom stereocenters.